The first kappa shape index (κ1) is 14.9. The van der Waals surface area contributed by atoms with E-state index in [1.807, 2.05) is 0 Å². The van der Waals surface area contributed by atoms with Crippen molar-refractivity contribution in [2.75, 3.05) is 26.2 Å². The Balaban J connectivity index is 3.72. The van der Waals surface area contributed by atoms with Crippen molar-refractivity contribution in [1.29, 1.82) is 0 Å². The summed E-state index contributed by atoms with van der Waals surface area (Å²) in [6, 6.07) is 0. The molecule has 0 rings (SSSR count). The lowest BCUT2D eigenvalue weighted by Crippen LogP contribution is -2.33. The quantitative estimate of drug-likeness (QED) is 0.641. The highest BCUT2D eigenvalue weighted by Gasteiger charge is 2.14. The van der Waals surface area contributed by atoms with Gasteiger partial charge < -0.3 is 4.90 Å². The SMILES string of the molecule is CCN(CC)CCCNS(=O)(=O)C(C)C. The van der Waals surface area contributed by atoms with Gasteiger partial charge in [0.15, 0.2) is 0 Å². The van der Waals surface area contributed by atoms with Gasteiger partial charge in [-0.15, -0.1) is 0 Å². The van der Waals surface area contributed by atoms with Crippen molar-refractivity contribution in [3.8, 4) is 0 Å². The first-order valence-electron chi connectivity index (χ1n) is 5.64. The van der Waals surface area contributed by atoms with E-state index in [-0.39, 0.29) is 5.25 Å². The summed E-state index contributed by atoms with van der Waals surface area (Å²) in [5.74, 6) is 0. The minimum Gasteiger partial charge on any atom is -0.304 e. The third kappa shape index (κ3) is 6.12. The molecule has 0 saturated carbocycles. The summed E-state index contributed by atoms with van der Waals surface area (Å²) >= 11 is 0. The van der Waals surface area contributed by atoms with Gasteiger partial charge in [0.2, 0.25) is 10.0 Å². The van der Waals surface area contributed by atoms with Crippen LogP contribution in [0.4, 0.5) is 0 Å². The van der Waals surface area contributed by atoms with Gasteiger partial charge in [-0.1, -0.05) is 13.8 Å². The van der Waals surface area contributed by atoms with E-state index in [9.17, 15) is 8.42 Å². The molecule has 0 aliphatic rings. The first-order chi connectivity index (χ1) is 6.94. The third-order valence-electron chi connectivity index (χ3n) is 2.47. The van der Waals surface area contributed by atoms with Gasteiger partial charge in [-0.3, -0.25) is 0 Å². The van der Waals surface area contributed by atoms with Crippen LogP contribution in [0.3, 0.4) is 0 Å². The van der Waals surface area contributed by atoms with Gasteiger partial charge in [-0.25, -0.2) is 13.1 Å². The second-order valence-electron chi connectivity index (χ2n) is 3.87. The summed E-state index contributed by atoms with van der Waals surface area (Å²) in [5.41, 5.74) is 0. The highest BCUT2D eigenvalue weighted by molar-refractivity contribution is 7.90. The lowest BCUT2D eigenvalue weighted by molar-refractivity contribution is 0.300. The second kappa shape index (κ2) is 7.19. The molecule has 0 atom stereocenters. The van der Waals surface area contributed by atoms with Gasteiger partial charge in [0, 0.05) is 6.54 Å². The van der Waals surface area contributed by atoms with E-state index in [1.165, 1.54) is 0 Å². The normalized spacial score (nSPS) is 12.7. The monoisotopic (exact) mass is 236 g/mol. The Labute approximate surface area is 94.1 Å². The van der Waals surface area contributed by atoms with Crippen LogP contribution in [0.5, 0.6) is 0 Å². The summed E-state index contributed by atoms with van der Waals surface area (Å²) in [4.78, 5) is 2.28. The number of hydrogen-bond acceptors (Lipinski definition) is 3. The van der Waals surface area contributed by atoms with Gasteiger partial charge in [0.1, 0.15) is 0 Å². The molecule has 0 saturated heterocycles. The molecule has 0 fully saturated rings. The fourth-order valence-electron chi connectivity index (χ4n) is 1.22. The molecular weight excluding hydrogens is 212 g/mol. The standard InChI is InChI=1S/C10H24N2O2S/c1-5-12(6-2)9-7-8-11-15(13,14)10(3)4/h10-11H,5-9H2,1-4H3. The second-order valence-corrected chi connectivity index (χ2v) is 6.19. The van der Waals surface area contributed by atoms with Crippen LogP contribution in [0.15, 0.2) is 0 Å². The molecule has 15 heavy (non-hydrogen) atoms. The van der Waals surface area contributed by atoms with Gasteiger partial charge in [0.25, 0.3) is 0 Å². The lowest BCUT2D eigenvalue weighted by atomic mass is 10.4. The van der Waals surface area contributed by atoms with Gasteiger partial charge >= 0.3 is 0 Å². The minimum absolute atomic E-state index is 0.342. The predicted molar refractivity (Wildman–Crippen MR) is 64.5 cm³/mol. The summed E-state index contributed by atoms with van der Waals surface area (Å²) < 4.78 is 25.4. The molecular formula is C10H24N2O2S. The van der Waals surface area contributed by atoms with Crippen LogP contribution in [0.25, 0.3) is 0 Å². The fourth-order valence-corrected chi connectivity index (χ4v) is 1.99. The molecule has 0 spiro atoms. The molecule has 0 bridgehead atoms. The Morgan fingerprint density at radius 2 is 1.73 bits per heavy atom. The average molecular weight is 236 g/mol. The average Bonchev–Trinajstić information content (AvgIpc) is 2.18. The van der Waals surface area contributed by atoms with E-state index in [1.54, 1.807) is 13.8 Å². The molecule has 0 aromatic heterocycles. The van der Waals surface area contributed by atoms with Crippen LogP contribution in [-0.4, -0.2) is 44.7 Å². The van der Waals surface area contributed by atoms with E-state index in [4.69, 9.17) is 0 Å². The Bertz CT molecular complexity index is 246. The molecule has 0 heterocycles. The molecule has 0 amide bonds. The molecule has 0 aliphatic carbocycles. The predicted octanol–water partition coefficient (Wildman–Crippen LogP) is 1.05. The Morgan fingerprint density at radius 3 is 2.13 bits per heavy atom. The van der Waals surface area contributed by atoms with Crippen molar-refractivity contribution in [2.45, 2.75) is 39.4 Å². The maximum Gasteiger partial charge on any atom is 0.213 e. The van der Waals surface area contributed by atoms with Crippen molar-refractivity contribution in [1.82, 2.24) is 9.62 Å². The van der Waals surface area contributed by atoms with Crippen LogP contribution in [0.2, 0.25) is 0 Å². The molecule has 4 nitrogen and oxygen atoms in total. The number of nitrogens with zero attached hydrogens (tertiary/aromatic N) is 1. The molecule has 92 valence electrons. The van der Waals surface area contributed by atoms with E-state index in [2.05, 4.69) is 23.5 Å². The van der Waals surface area contributed by atoms with Crippen LogP contribution in [-0.2, 0) is 10.0 Å². The van der Waals surface area contributed by atoms with Crippen molar-refractivity contribution < 1.29 is 8.42 Å². The summed E-state index contributed by atoms with van der Waals surface area (Å²) in [6.45, 7) is 11.1. The minimum atomic E-state index is -3.08. The topological polar surface area (TPSA) is 49.4 Å². The maximum absolute atomic E-state index is 11.4. The van der Waals surface area contributed by atoms with E-state index in [0.29, 0.717) is 6.54 Å². The molecule has 1 N–H and O–H groups in total. The van der Waals surface area contributed by atoms with E-state index in [0.717, 1.165) is 26.1 Å². The first-order valence-corrected chi connectivity index (χ1v) is 7.19. The van der Waals surface area contributed by atoms with Crippen molar-refractivity contribution in [3.05, 3.63) is 0 Å². The van der Waals surface area contributed by atoms with Crippen LogP contribution < -0.4 is 4.72 Å². The Morgan fingerprint density at radius 1 is 1.20 bits per heavy atom. The summed E-state index contributed by atoms with van der Waals surface area (Å²) in [7, 11) is -3.08. The number of sulfonamides is 1. The zero-order chi connectivity index (χ0) is 11.9. The summed E-state index contributed by atoms with van der Waals surface area (Å²) in [5, 5.41) is -0.342. The number of nitrogens with one attached hydrogen (secondary N) is 1. The maximum atomic E-state index is 11.4. The smallest absolute Gasteiger partial charge is 0.213 e. The van der Waals surface area contributed by atoms with Crippen LogP contribution in [0, 0.1) is 0 Å². The Hall–Kier alpha value is -0.130. The van der Waals surface area contributed by atoms with Crippen LogP contribution >= 0.6 is 0 Å². The van der Waals surface area contributed by atoms with Gasteiger partial charge in [-0.2, -0.15) is 0 Å². The summed E-state index contributed by atoms with van der Waals surface area (Å²) in [6.07, 6.45) is 0.869. The molecule has 0 unspecified atom stereocenters. The number of rotatable bonds is 8. The van der Waals surface area contributed by atoms with Crippen molar-refractivity contribution in [2.24, 2.45) is 0 Å². The largest absolute Gasteiger partial charge is 0.304 e. The van der Waals surface area contributed by atoms with E-state index >= 15 is 0 Å². The van der Waals surface area contributed by atoms with Crippen molar-refractivity contribution in [3.63, 3.8) is 0 Å². The van der Waals surface area contributed by atoms with E-state index < -0.39 is 10.0 Å². The van der Waals surface area contributed by atoms with Crippen molar-refractivity contribution >= 4 is 10.0 Å². The molecule has 0 aromatic rings. The third-order valence-corrected chi connectivity index (χ3v) is 4.32. The highest BCUT2D eigenvalue weighted by atomic mass is 32.2. The van der Waals surface area contributed by atoms with Crippen LogP contribution in [0.1, 0.15) is 34.1 Å². The molecule has 0 aromatic carbocycles. The van der Waals surface area contributed by atoms with Gasteiger partial charge in [0.05, 0.1) is 5.25 Å². The molecule has 0 aliphatic heterocycles. The zero-order valence-electron chi connectivity index (χ0n) is 10.3. The molecule has 0 radical (unpaired) electrons. The van der Waals surface area contributed by atoms with Gasteiger partial charge in [-0.05, 0) is 39.9 Å². The fraction of sp³-hybridized carbons (Fsp3) is 1.00. The zero-order valence-corrected chi connectivity index (χ0v) is 11.1. The molecule has 5 heteroatoms. The highest BCUT2D eigenvalue weighted by Crippen LogP contribution is 1.96. The Kier molecular flexibility index (Phi) is 7.13. The number of hydrogen-bond donors (Lipinski definition) is 1. The lowest BCUT2D eigenvalue weighted by Gasteiger charge is -2.18.